The summed E-state index contributed by atoms with van der Waals surface area (Å²) in [5.41, 5.74) is 3.45. The van der Waals surface area contributed by atoms with Crippen LogP contribution in [0.15, 0.2) is 12.2 Å². The maximum atomic E-state index is 12.3. The van der Waals surface area contributed by atoms with Crippen LogP contribution in [0.5, 0.6) is 0 Å². The average molecular weight is 231 g/mol. The summed E-state index contributed by atoms with van der Waals surface area (Å²) in [5.74, 6) is 0.491. The van der Waals surface area contributed by atoms with E-state index in [1.807, 2.05) is 11.8 Å². The van der Waals surface area contributed by atoms with Crippen LogP contribution in [0.1, 0.15) is 29.8 Å². The lowest BCUT2D eigenvalue weighted by Gasteiger charge is -2.29. The third-order valence-electron chi connectivity index (χ3n) is 3.80. The van der Waals surface area contributed by atoms with Crippen LogP contribution < -0.4 is 0 Å². The van der Waals surface area contributed by atoms with Crippen LogP contribution in [0, 0.1) is 12.8 Å². The van der Waals surface area contributed by atoms with Gasteiger partial charge in [-0.2, -0.15) is 5.10 Å². The molecular weight excluding hydrogens is 214 g/mol. The number of carbonyl (C=O) groups is 1. The van der Waals surface area contributed by atoms with Crippen LogP contribution in [-0.4, -0.2) is 27.5 Å². The van der Waals surface area contributed by atoms with Crippen LogP contribution in [0.2, 0.25) is 0 Å². The lowest BCUT2D eigenvalue weighted by atomic mass is 10.0. The number of aromatic amines is 1. The maximum Gasteiger partial charge on any atom is 0.226 e. The zero-order chi connectivity index (χ0) is 11.8. The summed E-state index contributed by atoms with van der Waals surface area (Å²) in [6, 6.07) is 0. The van der Waals surface area contributed by atoms with Gasteiger partial charge >= 0.3 is 0 Å². The monoisotopic (exact) mass is 231 g/mol. The van der Waals surface area contributed by atoms with Gasteiger partial charge in [-0.15, -0.1) is 0 Å². The van der Waals surface area contributed by atoms with Crippen molar-refractivity contribution in [1.29, 1.82) is 0 Å². The third-order valence-corrected chi connectivity index (χ3v) is 3.80. The molecule has 90 valence electrons. The van der Waals surface area contributed by atoms with E-state index < -0.39 is 0 Å². The molecule has 1 amide bonds. The van der Waals surface area contributed by atoms with Crippen molar-refractivity contribution in [1.82, 2.24) is 15.1 Å². The minimum absolute atomic E-state index is 0.184. The summed E-state index contributed by atoms with van der Waals surface area (Å²) in [6.07, 6.45) is 6.92. The molecular formula is C13H17N3O. The van der Waals surface area contributed by atoms with Gasteiger partial charge in [0.2, 0.25) is 5.91 Å². The Hall–Kier alpha value is -1.58. The van der Waals surface area contributed by atoms with E-state index in [0.29, 0.717) is 5.91 Å². The number of rotatable bonds is 1. The Morgan fingerprint density at radius 1 is 1.47 bits per heavy atom. The molecule has 4 nitrogen and oxygen atoms in total. The lowest BCUT2D eigenvalue weighted by molar-refractivity contribution is -0.136. The van der Waals surface area contributed by atoms with Crippen LogP contribution >= 0.6 is 0 Å². The normalized spacial score (nSPS) is 19.7. The standard InChI is InChI=1S/C13H17N3O/c1-9-11-8-16(7-6-12(11)15-14-9)13(17)10-4-2-3-5-10/h2-3,10H,4-8H2,1H3,(H,14,15). The molecule has 1 N–H and O–H groups in total. The lowest BCUT2D eigenvalue weighted by Crippen LogP contribution is -2.39. The summed E-state index contributed by atoms with van der Waals surface area (Å²) >= 11 is 0. The van der Waals surface area contributed by atoms with Gasteiger partial charge in [-0.1, -0.05) is 12.2 Å². The highest BCUT2D eigenvalue weighted by molar-refractivity contribution is 5.80. The number of nitrogens with zero attached hydrogens (tertiary/aromatic N) is 2. The Bertz CT molecular complexity index is 467. The van der Waals surface area contributed by atoms with E-state index in [-0.39, 0.29) is 5.92 Å². The number of fused-ring (bicyclic) bond motifs is 1. The van der Waals surface area contributed by atoms with Gasteiger partial charge in [-0.05, 0) is 19.8 Å². The van der Waals surface area contributed by atoms with Gasteiger partial charge in [0, 0.05) is 36.7 Å². The van der Waals surface area contributed by atoms with Gasteiger partial charge in [0.15, 0.2) is 0 Å². The molecule has 0 bridgehead atoms. The molecule has 0 spiro atoms. The fraction of sp³-hybridized carbons (Fsp3) is 0.538. The van der Waals surface area contributed by atoms with E-state index in [9.17, 15) is 4.79 Å². The second kappa shape index (κ2) is 4.02. The Balaban J connectivity index is 1.75. The molecule has 1 aromatic heterocycles. The number of aryl methyl sites for hydroxylation is 1. The Labute approximate surface area is 101 Å². The first kappa shape index (κ1) is 10.6. The molecule has 0 fully saturated rings. The van der Waals surface area contributed by atoms with Crippen molar-refractivity contribution >= 4 is 5.91 Å². The number of carbonyl (C=O) groups excluding carboxylic acids is 1. The zero-order valence-electron chi connectivity index (χ0n) is 10.1. The summed E-state index contributed by atoms with van der Waals surface area (Å²) in [7, 11) is 0. The Morgan fingerprint density at radius 2 is 2.24 bits per heavy atom. The molecule has 2 aliphatic rings. The number of nitrogens with one attached hydrogen (secondary N) is 1. The van der Waals surface area contributed by atoms with Gasteiger partial charge in [0.1, 0.15) is 0 Å². The summed E-state index contributed by atoms with van der Waals surface area (Å²) < 4.78 is 0. The zero-order valence-corrected chi connectivity index (χ0v) is 10.1. The smallest absolute Gasteiger partial charge is 0.226 e. The highest BCUT2D eigenvalue weighted by Crippen LogP contribution is 2.25. The molecule has 4 heteroatoms. The van der Waals surface area contributed by atoms with Crippen molar-refractivity contribution < 1.29 is 4.79 Å². The molecule has 0 atom stereocenters. The fourth-order valence-corrected chi connectivity index (χ4v) is 2.70. The number of H-pyrrole nitrogens is 1. The molecule has 0 unspecified atom stereocenters. The summed E-state index contributed by atoms with van der Waals surface area (Å²) in [6.45, 7) is 3.57. The molecule has 2 heterocycles. The topological polar surface area (TPSA) is 49.0 Å². The van der Waals surface area contributed by atoms with Gasteiger partial charge in [0.25, 0.3) is 0 Å². The highest BCUT2D eigenvalue weighted by atomic mass is 16.2. The molecule has 17 heavy (non-hydrogen) atoms. The predicted molar refractivity (Wildman–Crippen MR) is 64.3 cm³/mol. The minimum Gasteiger partial charge on any atom is -0.338 e. The van der Waals surface area contributed by atoms with E-state index in [1.54, 1.807) is 0 Å². The number of hydrogen-bond donors (Lipinski definition) is 1. The highest BCUT2D eigenvalue weighted by Gasteiger charge is 2.29. The number of allylic oxidation sites excluding steroid dienone is 2. The van der Waals surface area contributed by atoms with Crippen molar-refractivity contribution in [2.75, 3.05) is 6.54 Å². The van der Waals surface area contributed by atoms with Crippen LogP contribution in [0.25, 0.3) is 0 Å². The van der Waals surface area contributed by atoms with Crippen molar-refractivity contribution in [2.45, 2.75) is 32.7 Å². The maximum absolute atomic E-state index is 12.3. The number of aromatic nitrogens is 2. The van der Waals surface area contributed by atoms with Crippen LogP contribution in [0.4, 0.5) is 0 Å². The van der Waals surface area contributed by atoms with Gasteiger partial charge < -0.3 is 4.90 Å². The van der Waals surface area contributed by atoms with E-state index >= 15 is 0 Å². The first-order chi connectivity index (χ1) is 8.25. The van der Waals surface area contributed by atoms with E-state index in [2.05, 4.69) is 22.3 Å². The van der Waals surface area contributed by atoms with Gasteiger partial charge in [-0.3, -0.25) is 9.89 Å². The Kier molecular flexibility index (Phi) is 2.50. The van der Waals surface area contributed by atoms with Gasteiger partial charge in [-0.25, -0.2) is 0 Å². The first-order valence-corrected chi connectivity index (χ1v) is 6.22. The summed E-state index contributed by atoms with van der Waals surface area (Å²) in [5, 5.41) is 7.28. The largest absolute Gasteiger partial charge is 0.338 e. The molecule has 0 saturated carbocycles. The van der Waals surface area contributed by atoms with Crippen LogP contribution in [-0.2, 0) is 17.8 Å². The Morgan fingerprint density at radius 3 is 3.00 bits per heavy atom. The number of hydrogen-bond acceptors (Lipinski definition) is 2. The minimum atomic E-state index is 0.184. The first-order valence-electron chi connectivity index (χ1n) is 6.22. The molecule has 0 saturated heterocycles. The van der Waals surface area contributed by atoms with Gasteiger partial charge in [0.05, 0.1) is 5.69 Å². The van der Waals surface area contributed by atoms with Crippen molar-refractivity contribution in [3.8, 4) is 0 Å². The molecule has 3 rings (SSSR count). The molecule has 1 aromatic rings. The van der Waals surface area contributed by atoms with Crippen molar-refractivity contribution in [3.63, 3.8) is 0 Å². The third kappa shape index (κ3) is 1.77. The van der Waals surface area contributed by atoms with Crippen molar-refractivity contribution in [2.24, 2.45) is 5.92 Å². The van der Waals surface area contributed by atoms with E-state index in [1.165, 1.54) is 5.56 Å². The quantitative estimate of drug-likeness (QED) is 0.746. The SMILES string of the molecule is Cc1[nH]nc2c1CN(C(=O)C1CC=CC1)CC2. The summed E-state index contributed by atoms with van der Waals surface area (Å²) in [4.78, 5) is 14.3. The fourth-order valence-electron chi connectivity index (χ4n) is 2.70. The second-order valence-electron chi connectivity index (χ2n) is 4.92. The van der Waals surface area contributed by atoms with Crippen molar-refractivity contribution in [3.05, 3.63) is 29.1 Å². The molecule has 1 aliphatic heterocycles. The second-order valence-corrected chi connectivity index (χ2v) is 4.92. The van der Waals surface area contributed by atoms with E-state index in [4.69, 9.17) is 0 Å². The predicted octanol–water partition coefficient (Wildman–Crippen LogP) is 1.57. The van der Waals surface area contributed by atoms with E-state index in [0.717, 1.165) is 43.7 Å². The molecule has 1 aliphatic carbocycles. The molecule has 0 radical (unpaired) electrons. The molecule has 0 aromatic carbocycles. The van der Waals surface area contributed by atoms with Crippen LogP contribution in [0.3, 0.4) is 0 Å². The average Bonchev–Trinajstić information content (AvgIpc) is 2.98. The number of amides is 1.